The molecule has 0 bridgehead atoms. The van der Waals surface area contributed by atoms with Crippen molar-refractivity contribution in [2.45, 2.75) is 39.0 Å². The summed E-state index contributed by atoms with van der Waals surface area (Å²) in [6.45, 7) is 7.83. The van der Waals surface area contributed by atoms with E-state index in [1.807, 2.05) is 51.4 Å². The van der Waals surface area contributed by atoms with Crippen molar-refractivity contribution in [1.29, 1.82) is 0 Å². The third-order valence-electron chi connectivity index (χ3n) is 4.59. The Labute approximate surface area is 195 Å². The number of hydrogen-bond acceptors (Lipinski definition) is 8. The van der Waals surface area contributed by atoms with E-state index in [1.165, 1.54) is 30.2 Å². The molecule has 32 heavy (non-hydrogen) atoms. The summed E-state index contributed by atoms with van der Waals surface area (Å²) in [5.41, 5.74) is 2.61. The SMILES string of the molecule is COC(=O)c1cc(C)sc1NC(=O)CSc1nnc(C(C)Oc2cc(C)cc(C)c2)n1C. The highest BCUT2D eigenvalue weighted by atomic mass is 32.2. The highest BCUT2D eigenvalue weighted by molar-refractivity contribution is 7.99. The molecule has 0 fully saturated rings. The third kappa shape index (κ3) is 5.68. The Morgan fingerprint density at radius 2 is 1.84 bits per heavy atom. The number of amides is 1. The topological polar surface area (TPSA) is 95.3 Å². The Hall–Kier alpha value is -2.85. The summed E-state index contributed by atoms with van der Waals surface area (Å²) < 4.78 is 12.7. The normalized spacial score (nSPS) is 11.8. The van der Waals surface area contributed by atoms with Crippen molar-refractivity contribution in [2.24, 2.45) is 7.05 Å². The van der Waals surface area contributed by atoms with Gasteiger partial charge in [-0.05, 0) is 57.0 Å². The van der Waals surface area contributed by atoms with Crippen LogP contribution in [0.4, 0.5) is 5.00 Å². The molecule has 0 radical (unpaired) electrons. The van der Waals surface area contributed by atoms with E-state index in [9.17, 15) is 9.59 Å². The summed E-state index contributed by atoms with van der Waals surface area (Å²) in [7, 11) is 3.15. The fourth-order valence-electron chi connectivity index (χ4n) is 3.23. The van der Waals surface area contributed by atoms with Gasteiger partial charge in [0.05, 0.1) is 18.4 Å². The van der Waals surface area contributed by atoms with Crippen LogP contribution in [0.5, 0.6) is 5.75 Å². The number of nitrogens with zero attached hydrogens (tertiary/aromatic N) is 3. The quantitative estimate of drug-likeness (QED) is 0.380. The number of carbonyl (C=O) groups is 2. The fourth-order valence-corrected chi connectivity index (χ4v) is 4.86. The van der Waals surface area contributed by atoms with Crippen LogP contribution < -0.4 is 10.1 Å². The number of esters is 1. The first-order chi connectivity index (χ1) is 15.2. The maximum atomic E-state index is 12.5. The second-order valence-electron chi connectivity index (χ2n) is 7.41. The molecule has 0 aliphatic heterocycles. The molecule has 0 saturated carbocycles. The van der Waals surface area contributed by atoms with Gasteiger partial charge < -0.3 is 19.4 Å². The Balaban J connectivity index is 1.62. The first-order valence-electron chi connectivity index (χ1n) is 9.93. The lowest BCUT2D eigenvalue weighted by Crippen LogP contribution is -2.16. The Morgan fingerprint density at radius 3 is 2.50 bits per heavy atom. The summed E-state index contributed by atoms with van der Waals surface area (Å²) in [5.74, 6) is 0.836. The number of anilines is 1. The van der Waals surface area contributed by atoms with Crippen molar-refractivity contribution in [2.75, 3.05) is 18.2 Å². The van der Waals surface area contributed by atoms with Crippen LogP contribution in [-0.2, 0) is 16.6 Å². The second-order valence-corrected chi connectivity index (χ2v) is 9.61. The van der Waals surface area contributed by atoms with Gasteiger partial charge in [-0.2, -0.15) is 0 Å². The fraction of sp³-hybridized carbons (Fsp3) is 0.364. The Bertz CT molecular complexity index is 1120. The number of aromatic nitrogens is 3. The lowest BCUT2D eigenvalue weighted by Gasteiger charge is -2.15. The average molecular weight is 475 g/mol. The molecule has 2 aromatic heterocycles. The van der Waals surface area contributed by atoms with Crippen molar-refractivity contribution < 1.29 is 19.1 Å². The van der Waals surface area contributed by atoms with Gasteiger partial charge in [0.25, 0.3) is 0 Å². The number of aryl methyl sites for hydroxylation is 3. The Kier molecular flexibility index (Phi) is 7.57. The zero-order valence-electron chi connectivity index (χ0n) is 18.9. The molecule has 0 aliphatic carbocycles. The first kappa shape index (κ1) is 23.8. The van der Waals surface area contributed by atoms with Crippen molar-refractivity contribution in [3.05, 3.63) is 51.7 Å². The van der Waals surface area contributed by atoms with E-state index in [1.54, 1.807) is 6.07 Å². The highest BCUT2D eigenvalue weighted by Gasteiger charge is 2.20. The van der Waals surface area contributed by atoms with Crippen LogP contribution in [0.25, 0.3) is 0 Å². The molecule has 0 saturated heterocycles. The van der Waals surface area contributed by atoms with Gasteiger partial charge in [-0.1, -0.05) is 17.8 Å². The molecule has 3 aromatic rings. The number of thioether (sulfide) groups is 1. The number of rotatable bonds is 8. The summed E-state index contributed by atoms with van der Waals surface area (Å²) >= 11 is 2.59. The Morgan fingerprint density at radius 1 is 1.16 bits per heavy atom. The average Bonchev–Trinajstić information content (AvgIpc) is 3.27. The molecule has 1 amide bonds. The van der Waals surface area contributed by atoms with E-state index < -0.39 is 5.97 Å². The minimum Gasteiger partial charge on any atom is -0.483 e. The number of carbonyl (C=O) groups excluding carboxylic acids is 2. The maximum absolute atomic E-state index is 12.5. The zero-order chi connectivity index (χ0) is 23.4. The van der Waals surface area contributed by atoms with Gasteiger partial charge in [0, 0.05) is 11.9 Å². The molecule has 2 heterocycles. The summed E-state index contributed by atoms with van der Waals surface area (Å²) in [6, 6.07) is 7.75. The summed E-state index contributed by atoms with van der Waals surface area (Å²) in [6.07, 6.45) is -0.311. The van der Waals surface area contributed by atoms with E-state index in [-0.39, 0.29) is 17.8 Å². The van der Waals surface area contributed by atoms with Crippen molar-refractivity contribution in [1.82, 2.24) is 14.8 Å². The number of benzene rings is 1. The number of thiophene rings is 1. The monoisotopic (exact) mass is 474 g/mol. The zero-order valence-corrected chi connectivity index (χ0v) is 20.5. The number of hydrogen-bond donors (Lipinski definition) is 1. The third-order valence-corrected chi connectivity index (χ3v) is 6.57. The van der Waals surface area contributed by atoms with Gasteiger partial charge in [-0.15, -0.1) is 21.5 Å². The smallest absolute Gasteiger partial charge is 0.340 e. The van der Waals surface area contributed by atoms with Gasteiger partial charge in [-0.25, -0.2) is 4.79 Å². The minimum atomic E-state index is -0.479. The molecular weight excluding hydrogens is 448 g/mol. The van der Waals surface area contributed by atoms with E-state index in [2.05, 4.69) is 21.6 Å². The highest BCUT2D eigenvalue weighted by Crippen LogP contribution is 2.29. The maximum Gasteiger partial charge on any atom is 0.340 e. The molecule has 0 spiro atoms. The lowest BCUT2D eigenvalue weighted by molar-refractivity contribution is -0.113. The molecule has 1 unspecified atom stereocenters. The van der Waals surface area contributed by atoms with E-state index in [4.69, 9.17) is 9.47 Å². The second kappa shape index (κ2) is 10.2. The van der Waals surface area contributed by atoms with Crippen molar-refractivity contribution >= 4 is 40.0 Å². The standard InChI is InChI=1S/C22H26N4O4S2/c1-12-7-13(2)9-16(8-12)30-15(4)19-24-25-22(26(19)5)31-11-18(27)23-20-17(21(28)29-6)10-14(3)32-20/h7-10,15H,11H2,1-6H3,(H,23,27). The summed E-state index contributed by atoms with van der Waals surface area (Å²) in [5, 5.41) is 12.3. The number of nitrogens with one attached hydrogen (secondary N) is 1. The molecule has 1 aromatic carbocycles. The minimum absolute atomic E-state index is 0.121. The summed E-state index contributed by atoms with van der Waals surface area (Å²) in [4.78, 5) is 25.2. The predicted octanol–water partition coefficient (Wildman–Crippen LogP) is 4.46. The molecule has 1 atom stereocenters. The van der Waals surface area contributed by atoms with E-state index in [0.717, 1.165) is 21.8 Å². The predicted molar refractivity (Wildman–Crippen MR) is 126 cm³/mol. The van der Waals surface area contributed by atoms with Crippen LogP contribution in [0.15, 0.2) is 29.4 Å². The van der Waals surface area contributed by atoms with Crippen LogP contribution in [0, 0.1) is 20.8 Å². The van der Waals surface area contributed by atoms with Crippen LogP contribution >= 0.6 is 23.1 Å². The van der Waals surface area contributed by atoms with Crippen molar-refractivity contribution in [3.63, 3.8) is 0 Å². The molecule has 1 N–H and O–H groups in total. The van der Waals surface area contributed by atoms with Gasteiger partial charge >= 0.3 is 5.97 Å². The molecular formula is C22H26N4O4S2. The molecule has 10 heteroatoms. The van der Waals surface area contributed by atoms with Crippen LogP contribution in [-0.4, -0.2) is 39.5 Å². The first-order valence-corrected chi connectivity index (χ1v) is 11.7. The van der Waals surface area contributed by atoms with Gasteiger partial charge in [0.15, 0.2) is 17.1 Å². The van der Waals surface area contributed by atoms with Crippen molar-refractivity contribution in [3.8, 4) is 5.75 Å². The van der Waals surface area contributed by atoms with Gasteiger partial charge in [-0.3, -0.25) is 4.79 Å². The van der Waals surface area contributed by atoms with Crippen LogP contribution in [0.3, 0.4) is 0 Å². The van der Waals surface area contributed by atoms with Crippen LogP contribution in [0.1, 0.15) is 45.2 Å². The van der Waals surface area contributed by atoms with Gasteiger partial charge in [0.2, 0.25) is 5.91 Å². The van der Waals surface area contributed by atoms with E-state index in [0.29, 0.717) is 21.5 Å². The number of methoxy groups -OCH3 is 1. The number of ether oxygens (including phenoxy) is 2. The van der Waals surface area contributed by atoms with Gasteiger partial charge in [0.1, 0.15) is 10.8 Å². The van der Waals surface area contributed by atoms with E-state index >= 15 is 0 Å². The molecule has 3 rings (SSSR count). The lowest BCUT2D eigenvalue weighted by atomic mass is 10.1. The van der Waals surface area contributed by atoms with Crippen LogP contribution in [0.2, 0.25) is 0 Å². The largest absolute Gasteiger partial charge is 0.483 e. The molecule has 0 aliphatic rings. The molecule has 8 nitrogen and oxygen atoms in total. The molecule has 170 valence electrons.